The van der Waals surface area contributed by atoms with E-state index >= 15 is 0 Å². The third-order valence-electron chi connectivity index (χ3n) is 4.18. The molecule has 0 aliphatic heterocycles. The van der Waals surface area contributed by atoms with Gasteiger partial charge < -0.3 is 14.5 Å². The minimum atomic E-state index is -0.512. The molecule has 6 nitrogen and oxygen atoms in total. The van der Waals surface area contributed by atoms with Gasteiger partial charge in [-0.25, -0.2) is 4.39 Å². The lowest BCUT2D eigenvalue weighted by atomic mass is 10.1. The minimum absolute atomic E-state index is 0.155. The molecule has 1 aromatic heterocycles. The van der Waals surface area contributed by atoms with Gasteiger partial charge in [-0.2, -0.15) is 0 Å². The van der Waals surface area contributed by atoms with Crippen LogP contribution in [0.25, 0.3) is 0 Å². The molecular formula is C21H22FN3O3S. The number of halogens is 1. The summed E-state index contributed by atoms with van der Waals surface area (Å²) in [5.41, 5.74) is 2.92. The number of nitrogens with one attached hydrogen (secondary N) is 1. The van der Waals surface area contributed by atoms with Gasteiger partial charge in [-0.3, -0.25) is 4.79 Å². The van der Waals surface area contributed by atoms with Crippen LogP contribution in [0.15, 0.2) is 52.1 Å². The molecule has 0 bridgehead atoms. The van der Waals surface area contributed by atoms with E-state index < -0.39 is 11.4 Å². The first-order chi connectivity index (χ1) is 13.8. The number of aromatic nitrogens is 2. The van der Waals surface area contributed by atoms with Crippen molar-refractivity contribution in [2.75, 3.05) is 5.32 Å². The lowest BCUT2D eigenvalue weighted by Crippen LogP contribution is -2.22. The van der Waals surface area contributed by atoms with Crippen LogP contribution in [0.3, 0.4) is 0 Å². The first-order valence-electron chi connectivity index (χ1n) is 9.12. The largest absolute Gasteiger partial charge is 0.481 e. The standard InChI is InChI=1S/C21H22FN3O3S/c1-12-5-10-18(13(2)11-12)23-19(26)15(4)29-21-25-24-20(28-21)14(3)27-17-8-6-16(22)7-9-17/h5-11,14-15H,1-4H3,(H,23,26)/t14-,15+/m1/s1. The second-order valence-corrected chi connectivity index (χ2v) is 7.98. The lowest BCUT2D eigenvalue weighted by molar-refractivity contribution is -0.115. The van der Waals surface area contributed by atoms with Crippen molar-refractivity contribution in [1.29, 1.82) is 0 Å². The average Bonchev–Trinajstić information content (AvgIpc) is 3.14. The van der Waals surface area contributed by atoms with Crippen LogP contribution in [-0.4, -0.2) is 21.4 Å². The van der Waals surface area contributed by atoms with E-state index in [2.05, 4.69) is 15.5 Å². The van der Waals surface area contributed by atoms with Crippen molar-refractivity contribution in [2.45, 2.75) is 44.3 Å². The van der Waals surface area contributed by atoms with Gasteiger partial charge in [0.25, 0.3) is 11.1 Å². The fraction of sp³-hybridized carbons (Fsp3) is 0.286. The third kappa shape index (κ3) is 5.57. The van der Waals surface area contributed by atoms with Gasteiger partial charge in [-0.05, 0) is 63.6 Å². The zero-order chi connectivity index (χ0) is 21.0. The smallest absolute Gasteiger partial charge is 0.277 e. The highest BCUT2D eigenvalue weighted by molar-refractivity contribution is 8.00. The van der Waals surface area contributed by atoms with E-state index in [0.29, 0.717) is 5.75 Å². The van der Waals surface area contributed by atoms with Crippen LogP contribution in [0, 0.1) is 19.7 Å². The van der Waals surface area contributed by atoms with Crippen molar-refractivity contribution in [3.8, 4) is 5.75 Å². The zero-order valence-electron chi connectivity index (χ0n) is 16.6. The summed E-state index contributed by atoms with van der Waals surface area (Å²) < 4.78 is 24.3. The minimum Gasteiger partial charge on any atom is -0.481 e. The maximum absolute atomic E-state index is 13.0. The molecule has 0 aliphatic rings. The van der Waals surface area contributed by atoms with Gasteiger partial charge >= 0.3 is 0 Å². The highest BCUT2D eigenvalue weighted by Crippen LogP contribution is 2.27. The first-order valence-corrected chi connectivity index (χ1v) is 10.00. The monoisotopic (exact) mass is 415 g/mol. The quantitative estimate of drug-likeness (QED) is 0.542. The Morgan fingerprint density at radius 1 is 1.14 bits per heavy atom. The number of carbonyl (C=O) groups is 1. The molecule has 0 radical (unpaired) electrons. The Labute approximate surface area is 172 Å². The van der Waals surface area contributed by atoms with Crippen molar-refractivity contribution in [3.63, 3.8) is 0 Å². The number of ether oxygens (including phenoxy) is 1. The molecule has 0 saturated heterocycles. The summed E-state index contributed by atoms with van der Waals surface area (Å²) in [5.74, 6) is 0.276. The molecule has 1 amide bonds. The zero-order valence-corrected chi connectivity index (χ0v) is 17.4. The highest BCUT2D eigenvalue weighted by atomic mass is 32.2. The Balaban J connectivity index is 1.58. The van der Waals surface area contributed by atoms with E-state index in [1.54, 1.807) is 13.8 Å². The molecule has 0 unspecified atom stereocenters. The molecule has 8 heteroatoms. The summed E-state index contributed by atoms with van der Waals surface area (Å²) in [6.45, 7) is 7.48. The molecule has 3 rings (SSSR count). The summed E-state index contributed by atoms with van der Waals surface area (Å²) in [6.07, 6.45) is -0.512. The van der Waals surface area contributed by atoms with E-state index in [9.17, 15) is 9.18 Å². The van der Waals surface area contributed by atoms with Gasteiger partial charge in [-0.15, -0.1) is 10.2 Å². The van der Waals surface area contributed by atoms with E-state index in [-0.39, 0.29) is 22.8 Å². The second kappa shape index (κ2) is 9.09. The maximum atomic E-state index is 13.0. The molecule has 0 spiro atoms. The second-order valence-electron chi connectivity index (χ2n) is 6.69. The van der Waals surface area contributed by atoms with Crippen LogP contribution in [-0.2, 0) is 4.79 Å². The summed E-state index contributed by atoms with van der Waals surface area (Å²) in [4.78, 5) is 12.5. The lowest BCUT2D eigenvalue weighted by Gasteiger charge is -2.12. The predicted octanol–water partition coefficient (Wildman–Crippen LogP) is 5.08. The summed E-state index contributed by atoms with van der Waals surface area (Å²) in [6, 6.07) is 11.5. The highest BCUT2D eigenvalue weighted by Gasteiger charge is 2.21. The Hall–Kier alpha value is -2.87. The number of carbonyl (C=O) groups excluding carboxylic acids is 1. The van der Waals surface area contributed by atoms with Crippen molar-refractivity contribution < 1.29 is 18.3 Å². The summed E-state index contributed by atoms with van der Waals surface area (Å²) in [5, 5.41) is 10.7. The third-order valence-corrected chi connectivity index (χ3v) is 5.12. The number of hydrogen-bond donors (Lipinski definition) is 1. The van der Waals surface area contributed by atoms with Gasteiger partial charge in [0.2, 0.25) is 5.91 Å². The fourth-order valence-corrected chi connectivity index (χ4v) is 3.28. The molecule has 1 heterocycles. The Bertz CT molecular complexity index is 991. The Morgan fingerprint density at radius 2 is 1.86 bits per heavy atom. The number of thioether (sulfide) groups is 1. The van der Waals surface area contributed by atoms with Crippen molar-refractivity contribution >= 4 is 23.4 Å². The number of benzene rings is 2. The van der Waals surface area contributed by atoms with Gasteiger partial charge in [0.05, 0.1) is 5.25 Å². The van der Waals surface area contributed by atoms with Crippen LogP contribution in [0.5, 0.6) is 5.75 Å². The number of anilines is 1. The van der Waals surface area contributed by atoms with Gasteiger partial charge in [-0.1, -0.05) is 29.5 Å². The summed E-state index contributed by atoms with van der Waals surface area (Å²) >= 11 is 1.17. The van der Waals surface area contributed by atoms with E-state index in [4.69, 9.17) is 9.15 Å². The number of aryl methyl sites for hydroxylation is 2. The molecular weight excluding hydrogens is 393 g/mol. The van der Waals surface area contributed by atoms with Crippen LogP contribution in [0.2, 0.25) is 0 Å². The predicted molar refractivity (Wildman–Crippen MR) is 110 cm³/mol. The average molecular weight is 415 g/mol. The van der Waals surface area contributed by atoms with Gasteiger partial charge in [0.1, 0.15) is 11.6 Å². The summed E-state index contributed by atoms with van der Waals surface area (Å²) in [7, 11) is 0. The topological polar surface area (TPSA) is 77.2 Å². The van der Waals surface area contributed by atoms with Crippen LogP contribution < -0.4 is 10.1 Å². The molecule has 2 aromatic carbocycles. The van der Waals surface area contributed by atoms with E-state index in [1.165, 1.54) is 36.0 Å². The van der Waals surface area contributed by atoms with Gasteiger partial charge in [0.15, 0.2) is 6.10 Å². The number of amides is 1. The molecule has 0 fully saturated rings. The van der Waals surface area contributed by atoms with Crippen LogP contribution in [0.1, 0.15) is 37.0 Å². The Kier molecular flexibility index (Phi) is 6.53. The SMILES string of the molecule is Cc1ccc(NC(=O)[C@H](C)Sc2nnc([C@@H](C)Oc3ccc(F)cc3)o2)c(C)c1. The number of rotatable bonds is 7. The first kappa shape index (κ1) is 20.9. The number of hydrogen-bond acceptors (Lipinski definition) is 6. The van der Waals surface area contributed by atoms with Crippen LogP contribution in [0.4, 0.5) is 10.1 Å². The number of nitrogens with zero attached hydrogens (tertiary/aromatic N) is 2. The van der Waals surface area contributed by atoms with Crippen molar-refractivity contribution in [1.82, 2.24) is 10.2 Å². The molecule has 0 aliphatic carbocycles. The fourth-order valence-electron chi connectivity index (χ4n) is 2.59. The maximum Gasteiger partial charge on any atom is 0.277 e. The molecule has 29 heavy (non-hydrogen) atoms. The van der Waals surface area contributed by atoms with E-state index in [0.717, 1.165) is 16.8 Å². The molecule has 1 N–H and O–H groups in total. The molecule has 0 saturated carbocycles. The van der Waals surface area contributed by atoms with Crippen molar-refractivity contribution in [3.05, 3.63) is 65.3 Å². The molecule has 152 valence electrons. The molecule has 2 atom stereocenters. The van der Waals surface area contributed by atoms with Crippen molar-refractivity contribution in [2.24, 2.45) is 0 Å². The molecule has 3 aromatic rings. The van der Waals surface area contributed by atoms with Crippen LogP contribution >= 0.6 is 11.8 Å². The normalized spacial score (nSPS) is 13.0. The van der Waals surface area contributed by atoms with Gasteiger partial charge in [0, 0.05) is 5.69 Å². The Morgan fingerprint density at radius 3 is 2.55 bits per heavy atom. The van der Waals surface area contributed by atoms with E-state index in [1.807, 2.05) is 32.0 Å².